The summed E-state index contributed by atoms with van der Waals surface area (Å²) in [5.74, 6) is -2.78. The summed E-state index contributed by atoms with van der Waals surface area (Å²) in [4.78, 5) is 37.2. The number of carbonyl (C=O) groups excluding carboxylic acids is 2. The number of amides is 2. The SMILES string of the molecule is Cc1c(NC(=O)OC(C)(C)C)ccnc1NC(=O)C(=O)O. The lowest BCUT2D eigenvalue weighted by atomic mass is 10.2. The third kappa shape index (κ3) is 5.09. The van der Waals surface area contributed by atoms with Crippen LogP contribution in [-0.2, 0) is 14.3 Å². The first-order valence-electron chi connectivity index (χ1n) is 6.10. The molecule has 21 heavy (non-hydrogen) atoms. The number of carboxylic acids is 1. The molecule has 0 radical (unpaired) electrons. The van der Waals surface area contributed by atoms with Gasteiger partial charge in [0.05, 0.1) is 5.69 Å². The molecule has 0 spiro atoms. The Morgan fingerprint density at radius 2 is 1.86 bits per heavy atom. The third-order valence-electron chi connectivity index (χ3n) is 2.27. The highest BCUT2D eigenvalue weighted by Crippen LogP contribution is 2.21. The maximum atomic E-state index is 11.7. The molecule has 8 heteroatoms. The van der Waals surface area contributed by atoms with Gasteiger partial charge in [0.25, 0.3) is 0 Å². The minimum absolute atomic E-state index is 0.0518. The molecule has 1 aromatic heterocycles. The largest absolute Gasteiger partial charge is 0.474 e. The second-order valence-corrected chi connectivity index (χ2v) is 5.22. The third-order valence-corrected chi connectivity index (χ3v) is 2.27. The zero-order chi connectivity index (χ0) is 16.2. The van der Waals surface area contributed by atoms with Crippen LogP contribution in [-0.4, -0.2) is 33.7 Å². The number of carboxylic acid groups (broad SMARTS) is 1. The summed E-state index contributed by atoms with van der Waals surface area (Å²) < 4.78 is 5.10. The van der Waals surface area contributed by atoms with Gasteiger partial charge in [-0.15, -0.1) is 0 Å². The van der Waals surface area contributed by atoms with E-state index in [9.17, 15) is 14.4 Å². The van der Waals surface area contributed by atoms with Crippen molar-refractivity contribution in [3.63, 3.8) is 0 Å². The number of carbonyl (C=O) groups is 3. The van der Waals surface area contributed by atoms with Crippen molar-refractivity contribution < 1.29 is 24.2 Å². The predicted molar refractivity (Wildman–Crippen MR) is 75.1 cm³/mol. The number of nitrogens with zero attached hydrogens (tertiary/aromatic N) is 1. The molecule has 0 bridgehead atoms. The van der Waals surface area contributed by atoms with Crippen molar-refractivity contribution >= 4 is 29.5 Å². The average molecular weight is 295 g/mol. The number of anilines is 2. The standard InChI is InChI=1S/C13H17N3O5/c1-7-8(15-12(20)21-13(2,3)4)5-6-14-9(7)16-10(17)11(18)19/h5-6H,1-4H3,(H,18,19)(H2,14,15,16,17,20). The van der Waals surface area contributed by atoms with Crippen LogP contribution in [0.15, 0.2) is 12.3 Å². The lowest BCUT2D eigenvalue weighted by Gasteiger charge is -2.20. The van der Waals surface area contributed by atoms with Crippen LogP contribution in [0.1, 0.15) is 26.3 Å². The monoisotopic (exact) mass is 295 g/mol. The zero-order valence-electron chi connectivity index (χ0n) is 12.2. The molecule has 1 rings (SSSR count). The molecular weight excluding hydrogens is 278 g/mol. The molecule has 3 N–H and O–H groups in total. The Morgan fingerprint density at radius 3 is 2.38 bits per heavy atom. The molecule has 0 saturated heterocycles. The molecule has 1 heterocycles. The van der Waals surface area contributed by atoms with Crippen molar-refractivity contribution in [2.45, 2.75) is 33.3 Å². The van der Waals surface area contributed by atoms with Crippen molar-refractivity contribution in [2.75, 3.05) is 10.6 Å². The first-order chi connectivity index (χ1) is 9.60. The quantitative estimate of drug-likeness (QED) is 0.715. The van der Waals surface area contributed by atoms with E-state index in [0.717, 1.165) is 0 Å². The normalized spacial score (nSPS) is 10.7. The fourth-order valence-corrected chi connectivity index (χ4v) is 1.37. The van der Waals surface area contributed by atoms with Crippen LogP contribution in [0.5, 0.6) is 0 Å². The average Bonchev–Trinajstić information content (AvgIpc) is 2.31. The minimum Gasteiger partial charge on any atom is -0.474 e. The molecule has 0 unspecified atom stereocenters. The van der Waals surface area contributed by atoms with Crippen LogP contribution >= 0.6 is 0 Å². The maximum absolute atomic E-state index is 11.7. The van der Waals surface area contributed by atoms with Crippen LogP contribution in [0.2, 0.25) is 0 Å². The van der Waals surface area contributed by atoms with E-state index in [-0.39, 0.29) is 5.82 Å². The number of ether oxygens (including phenoxy) is 1. The molecule has 2 amide bonds. The van der Waals surface area contributed by atoms with Crippen LogP contribution in [0.3, 0.4) is 0 Å². The van der Waals surface area contributed by atoms with E-state index in [2.05, 4.69) is 15.6 Å². The van der Waals surface area contributed by atoms with Gasteiger partial charge in [0.1, 0.15) is 11.4 Å². The van der Waals surface area contributed by atoms with Gasteiger partial charge in [-0.05, 0) is 33.8 Å². The molecule has 114 valence electrons. The first kappa shape index (κ1) is 16.4. The molecule has 0 fully saturated rings. The molecule has 8 nitrogen and oxygen atoms in total. The Hall–Kier alpha value is -2.64. The van der Waals surface area contributed by atoms with Gasteiger partial charge < -0.3 is 15.2 Å². The number of nitrogens with one attached hydrogen (secondary N) is 2. The van der Waals surface area contributed by atoms with Crippen molar-refractivity contribution in [2.24, 2.45) is 0 Å². The molecule has 0 aliphatic carbocycles. The number of aliphatic carboxylic acids is 1. The first-order valence-corrected chi connectivity index (χ1v) is 6.10. The van der Waals surface area contributed by atoms with E-state index in [1.54, 1.807) is 27.7 Å². The number of hydrogen-bond donors (Lipinski definition) is 3. The smallest absolute Gasteiger partial charge is 0.412 e. The molecule has 0 atom stereocenters. The van der Waals surface area contributed by atoms with E-state index >= 15 is 0 Å². The minimum atomic E-state index is -1.62. The lowest BCUT2D eigenvalue weighted by molar-refractivity contribution is -0.147. The van der Waals surface area contributed by atoms with Gasteiger partial charge in [0, 0.05) is 11.8 Å². The number of pyridine rings is 1. The summed E-state index contributed by atoms with van der Waals surface area (Å²) in [6.45, 7) is 6.76. The Balaban J connectivity index is 2.88. The second-order valence-electron chi connectivity index (χ2n) is 5.22. The topological polar surface area (TPSA) is 118 Å². The van der Waals surface area contributed by atoms with Gasteiger partial charge in [-0.2, -0.15) is 0 Å². The molecule has 0 saturated carbocycles. The fraction of sp³-hybridized carbons (Fsp3) is 0.385. The summed E-state index contributed by atoms with van der Waals surface area (Å²) in [6.07, 6.45) is 0.671. The summed E-state index contributed by atoms with van der Waals surface area (Å²) in [5, 5.41) is 13.2. The molecule has 1 aromatic rings. The summed E-state index contributed by atoms with van der Waals surface area (Å²) >= 11 is 0. The van der Waals surface area contributed by atoms with E-state index in [1.165, 1.54) is 12.3 Å². The maximum Gasteiger partial charge on any atom is 0.412 e. The highest BCUT2D eigenvalue weighted by Gasteiger charge is 2.18. The van der Waals surface area contributed by atoms with Gasteiger partial charge in [-0.1, -0.05) is 0 Å². The predicted octanol–water partition coefficient (Wildman–Crippen LogP) is 1.76. The highest BCUT2D eigenvalue weighted by molar-refractivity contribution is 6.36. The lowest BCUT2D eigenvalue weighted by Crippen LogP contribution is -2.27. The van der Waals surface area contributed by atoms with Gasteiger partial charge in [0.2, 0.25) is 0 Å². The van der Waals surface area contributed by atoms with Crippen molar-refractivity contribution in [1.82, 2.24) is 4.98 Å². The van der Waals surface area contributed by atoms with Crippen molar-refractivity contribution in [1.29, 1.82) is 0 Å². The number of aromatic nitrogens is 1. The van der Waals surface area contributed by atoms with Crippen molar-refractivity contribution in [3.8, 4) is 0 Å². The number of rotatable bonds is 2. The summed E-state index contributed by atoms with van der Waals surface area (Å²) in [6, 6.07) is 1.51. The summed E-state index contributed by atoms with van der Waals surface area (Å²) in [5.41, 5.74) is 0.128. The summed E-state index contributed by atoms with van der Waals surface area (Å²) in [7, 11) is 0. The number of hydrogen-bond acceptors (Lipinski definition) is 5. The molecule has 0 aliphatic rings. The molecule has 0 aromatic carbocycles. The van der Waals surface area contributed by atoms with Crippen LogP contribution in [0.25, 0.3) is 0 Å². The highest BCUT2D eigenvalue weighted by atomic mass is 16.6. The van der Waals surface area contributed by atoms with Gasteiger partial charge in [-0.3, -0.25) is 10.1 Å². The fourth-order valence-electron chi connectivity index (χ4n) is 1.37. The Labute approximate surface area is 121 Å². The van der Waals surface area contributed by atoms with Gasteiger partial charge >= 0.3 is 18.0 Å². The Bertz CT molecular complexity index is 578. The van der Waals surface area contributed by atoms with E-state index in [0.29, 0.717) is 11.3 Å². The van der Waals surface area contributed by atoms with Gasteiger partial charge in [-0.25, -0.2) is 14.6 Å². The van der Waals surface area contributed by atoms with E-state index < -0.39 is 23.6 Å². The van der Waals surface area contributed by atoms with Crippen LogP contribution in [0, 0.1) is 6.92 Å². The Kier molecular flexibility index (Phi) is 4.85. The van der Waals surface area contributed by atoms with E-state index in [4.69, 9.17) is 9.84 Å². The molecular formula is C13H17N3O5. The Morgan fingerprint density at radius 1 is 1.24 bits per heavy atom. The van der Waals surface area contributed by atoms with Crippen molar-refractivity contribution in [3.05, 3.63) is 17.8 Å². The van der Waals surface area contributed by atoms with Gasteiger partial charge in [0.15, 0.2) is 0 Å². The zero-order valence-corrected chi connectivity index (χ0v) is 12.2. The van der Waals surface area contributed by atoms with Crippen LogP contribution < -0.4 is 10.6 Å². The van der Waals surface area contributed by atoms with Crippen LogP contribution in [0.4, 0.5) is 16.3 Å². The molecule has 0 aliphatic heterocycles. The van der Waals surface area contributed by atoms with E-state index in [1.807, 2.05) is 0 Å². The second kappa shape index (κ2) is 6.21.